The fraction of sp³-hybridized carbons (Fsp3) is 0.571. The number of hydrogen-bond donors (Lipinski definition) is 0. The van der Waals surface area contributed by atoms with Crippen LogP contribution in [0.4, 0.5) is 4.79 Å². The summed E-state index contributed by atoms with van der Waals surface area (Å²) >= 11 is 0. The summed E-state index contributed by atoms with van der Waals surface area (Å²) in [4.78, 5) is 27.5. The van der Waals surface area contributed by atoms with Crippen LogP contribution in [0.1, 0.15) is 49.5 Å². The van der Waals surface area contributed by atoms with Crippen molar-refractivity contribution in [2.24, 2.45) is 5.92 Å². The lowest BCUT2D eigenvalue weighted by atomic mass is 9.80. The third-order valence-corrected chi connectivity index (χ3v) is 5.10. The van der Waals surface area contributed by atoms with Crippen molar-refractivity contribution in [1.82, 2.24) is 4.90 Å². The van der Waals surface area contributed by atoms with Crippen molar-refractivity contribution in [1.29, 1.82) is 5.26 Å². The van der Waals surface area contributed by atoms with Crippen molar-refractivity contribution in [3.63, 3.8) is 0 Å². The summed E-state index contributed by atoms with van der Waals surface area (Å²) in [7, 11) is 1.49. The molecule has 2 heterocycles. The average molecular weight is 386 g/mol. The number of ether oxygens (including phenoxy) is 3. The molecule has 7 heteroatoms. The summed E-state index contributed by atoms with van der Waals surface area (Å²) in [6.07, 6.45) is 0.679. The van der Waals surface area contributed by atoms with Gasteiger partial charge in [0, 0.05) is 11.5 Å². The molecule has 0 aromatic heterocycles. The van der Waals surface area contributed by atoms with E-state index in [0.717, 1.165) is 0 Å². The van der Waals surface area contributed by atoms with Gasteiger partial charge in [0.15, 0.2) is 5.78 Å². The number of fused-ring (bicyclic) bond motifs is 2. The van der Waals surface area contributed by atoms with Crippen LogP contribution >= 0.6 is 0 Å². The molecule has 0 saturated carbocycles. The lowest BCUT2D eigenvalue weighted by molar-refractivity contribution is -0.0861. The van der Waals surface area contributed by atoms with Crippen LogP contribution in [0, 0.1) is 17.2 Å². The van der Waals surface area contributed by atoms with Gasteiger partial charge in [-0.1, -0.05) is 0 Å². The normalized spacial score (nSPS) is 24.2. The van der Waals surface area contributed by atoms with E-state index in [-0.39, 0.29) is 29.9 Å². The Morgan fingerprint density at radius 3 is 2.39 bits per heavy atom. The van der Waals surface area contributed by atoms with Crippen molar-refractivity contribution in [3.8, 4) is 11.8 Å². The van der Waals surface area contributed by atoms with Crippen LogP contribution in [-0.4, -0.2) is 54.8 Å². The Balaban J connectivity index is 1.77. The molecular formula is C21H26N2O5. The molecule has 2 atom stereocenters. The molecule has 1 aromatic rings. The molecule has 7 nitrogen and oxygen atoms in total. The Bertz CT molecular complexity index is 794. The molecule has 0 N–H and O–H groups in total. The number of nitrogens with zero attached hydrogens (tertiary/aromatic N) is 2. The maximum absolute atomic E-state index is 13.1. The minimum atomic E-state index is -0.574. The Hall–Kier alpha value is -2.59. The van der Waals surface area contributed by atoms with E-state index < -0.39 is 5.60 Å². The molecular weight excluding hydrogens is 360 g/mol. The van der Waals surface area contributed by atoms with Gasteiger partial charge in [-0.2, -0.15) is 5.26 Å². The van der Waals surface area contributed by atoms with Gasteiger partial charge in [-0.3, -0.25) is 9.69 Å². The monoisotopic (exact) mass is 386 g/mol. The largest absolute Gasteiger partial charge is 0.495 e. The zero-order valence-corrected chi connectivity index (χ0v) is 16.7. The molecule has 2 aliphatic rings. The van der Waals surface area contributed by atoms with Crippen LogP contribution in [-0.2, 0) is 9.47 Å². The third kappa shape index (κ3) is 4.12. The first kappa shape index (κ1) is 20.2. The van der Waals surface area contributed by atoms with Crippen molar-refractivity contribution in [3.05, 3.63) is 29.3 Å². The second-order valence-electron chi connectivity index (χ2n) is 8.29. The summed E-state index contributed by atoms with van der Waals surface area (Å²) < 4.78 is 16.3. The van der Waals surface area contributed by atoms with Gasteiger partial charge in [0.25, 0.3) is 0 Å². The Morgan fingerprint density at radius 1 is 1.21 bits per heavy atom. The molecule has 2 saturated heterocycles. The number of Topliss-reactive ketones (excluding diaryl/α,β-unsaturated/α-hetero) is 1. The summed E-state index contributed by atoms with van der Waals surface area (Å²) in [5.41, 5.74) is 0.255. The van der Waals surface area contributed by atoms with Gasteiger partial charge in [-0.15, -0.1) is 0 Å². The lowest BCUT2D eigenvalue weighted by Crippen LogP contribution is -2.60. The number of nitriles is 1. The third-order valence-electron chi connectivity index (χ3n) is 5.10. The fourth-order valence-corrected chi connectivity index (χ4v) is 3.93. The van der Waals surface area contributed by atoms with E-state index in [2.05, 4.69) is 6.07 Å². The van der Waals surface area contributed by atoms with Crippen LogP contribution in [0.2, 0.25) is 0 Å². The number of carbonyl (C=O) groups excluding carboxylic acids is 2. The van der Waals surface area contributed by atoms with Gasteiger partial charge in [-0.05, 0) is 51.8 Å². The molecule has 2 aliphatic heterocycles. The van der Waals surface area contributed by atoms with Crippen molar-refractivity contribution >= 4 is 11.9 Å². The van der Waals surface area contributed by atoms with E-state index >= 15 is 0 Å². The minimum absolute atomic E-state index is 0.0140. The van der Waals surface area contributed by atoms with E-state index in [1.165, 1.54) is 7.11 Å². The van der Waals surface area contributed by atoms with Gasteiger partial charge in [0.2, 0.25) is 0 Å². The highest BCUT2D eigenvalue weighted by atomic mass is 16.6. The Kier molecular flexibility index (Phi) is 5.61. The van der Waals surface area contributed by atoms with Gasteiger partial charge in [0.05, 0.1) is 38.0 Å². The summed E-state index contributed by atoms with van der Waals surface area (Å²) in [6, 6.07) is 6.59. The number of benzene rings is 1. The van der Waals surface area contributed by atoms with Gasteiger partial charge in [-0.25, -0.2) is 4.79 Å². The van der Waals surface area contributed by atoms with Crippen LogP contribution in [0.5, 0.6) is 5.75 Å². The summed E-state index contributed by atoms with van der Waals surface area (Å²) in [6.45, 7) is 6.30. The smallest absolute Gasteiger partial charge is 0.410 e. The molecule has 150 valence electrons. The molecule has 2 fully saturated rings. The first-order valence-electron chi connectivity index (χ1n) is 9.45. The number of methoxy groups -OCH3 is 1. The average Bonchev–Trinajstić information content (AvgIpc) is 2.64. The topological polar surface area (TPSA) is 88.9 Å². The molecule has 0 aliphatic carbocycles. The summed E-state index contributed by atoms with van der Waals surface area (Å²) in [5.74, 6) is 0.210. The minimum Gasteiger partial charge on any atom is -0.495 e. The fourth-order valence-electron chi connectivity index (χ4n) is 3.93. The van der Waals surface area contributed by atoms with Gasteiger partial charge >= 0.3 is 6.09 Å². The van der Waals surface area contributed by atoms with Crippen LogP contribution in [0.25, 0.3) is 0 Å². The molecule has 3 rings (SSSR count). The second-order valence-corrected chi connectivity index (χ2v) is 8.29. The zero-order valence-electron chi connectivity index (χ0n) is 16.7. The predicted molar refractivity (Wildman–Crippen MR) is 101 cm³/mol. The molecule has 1 amide bonds. The molecule has 2 unspecified atom stereocenters. The SMILES string of the molecule is COc1ccc(C(=O)C2CC3COCC(C2)N3C(=O)OC(C)(C)C)cc1C#N. The van der Waals surface area contributed by atoms with E-state index in [1.807, 2.05) is 20.8 Å². The van der Waals surface area contributed by atoms with Crippen molar-refractivity contribution < 1.29 is 23.8 Å². The standard InChI is InChI=1S/C21H26N2O5/c1-21(2,3)28-20(25)23-16-8-14(9-17(23)12-27-11-16)19(24)13-5-6-18(26-4)15(7-13)10-22/h5-7,14,16-17H,8-9,11-12H2,1-4H3. The number of hydrogen-bond acceptors (Lipinski definition) is 6. The van der Waals surface area contributed by atoms with Crippen LogP contribution in [0.3, 0.4) is 0 Å². The number of morpholine rings is 1. The highest BCUT2D eigenvalue weighted by Gasteiger charge is 2.45. The Morgan fingerprint density at radius 2 is 1.86 bits per heavy atom. The number of amides is 1. The molecule has 28 heavy (non-hydrogen) atoms. The molecule has 0 radical (unpaired) electrons. The maximum Gasteiger partial charge on any atom is 0.410 e. The first-order chi connectivity index (χ1) is 13.2. The second kappa shape index (κ2) is 7.80. The van der Waals surface area contributed by atoms with Crippen molar-refractivity contribution in [2.45, 2.75) is 51.3 Å². The Labute approximate surface area is 165 Å². The quantitative estimate of drug-likeness (QED) is 0.742. The predicted octanol–water partition coefficient (Wildman–Crippen LogP) is 3.16. The van der Waals surface area contributed by atoms with E-state index in [4.69, 9.17) is 14.2 Å². The first-order valence-corrected chi connectivity index (χ1v) is 9.45. The van der Waals surface area contributed by atoms with E-state index in [0.29, 0.717) is 42.9 Å². The zero-order chi connectivity index (χ0) is 20.5. The van der Waals surface area contributed by atoms with Gasteiger partial charge < -0.3 is 14.2 Å². The summed E-state index contributed by atoms with van der Waals surface area (Å²) in [5, 5.41) is 9.27. The lowest BCUT2D eigenvalue weighted by Gasteiger charge is -2.47. The maximum atomic E-state index is 13.1. The number of rotatable bonds is 3. The van der Waals surface area contributed by atoms with Crippen LogP contribution in [0.15, 0.2) is 18.2 Å². The highest BCUT2D eigenvalue weighted by molar-refractivity contribution is 5.98. The van der Waals surface area contributed by atoms with Crippen LogP contribution < -0.4 is 4.74 Å². The van der Waals surface area contributed by atoms with E-state index in [1.54, 1.807) is 23.1 Å². The van der Waals surface area contributed by atoms with E-state index in [9.17, 15) is 14.9 Å². The molecule has 0 spiro atoms. The molecule has 2 bridgehead atoms. The van der Waals surface area contributed by atoms with Gasteiger partial charge in [0.1, 0.15) is 17.4 Å². The number of ketones is 1. The number of carbonyl (C=O) groups is 2. The molecule has 1 aromatic carbocycles. The highest BCUT2D eigenvalue weighted by Crippen LogP contribution is 2.35. The number of piperidine rings is 1. The van der Waals surface area contributed by atoms with Crippen molar-refractivity contribution in [2.75, 3.05) is 20.3 Å².